The third-order valence-electron chi connectivity index (χ3n) is 4.16. The number of nitrogens with zero attached hydrogens (tertiary/aromatic N) is 1. The average molecular weight is 393 g/mol. The number of carbonyl (C=O) groups is 2. The minimum absolute atomic E-state index is 0.0404. The summed E-state index contributed by atoms with van der Waals surface area (Å²) in [5.74, 6) is -1.38. The number of benzene rings is 2. The molecule has 3 rings (SSSR count). The van der Waals surface area contributed by atoms with Gasteiger partial charge in [-0.2, -0.15) is 0 Å². The lowest BCUT2D eigenvalue weighted by atomic mass is 10.0. The van der Waals surface area contributed by atoms with Crippen molar-refractivity contribution in [3.63, 3.8) is 0 Å². The zero-order valence-electron chi connectivity index (χ0n) is 15.6. The quantitative estimate of drug-likeness (QED) is 0.516. The standard InChI is InChI=1S/C22H20FN3O3/c23-19-8-6-17(14-16(19)7-10-21(28)29)20(27)9-5-15-3-1-4-18(13-15)26-22-24-11-2-12-25-22/h1,3-10,13-14H,2,11-12H2,(H,28,29)(H2,24,25,26)/b9-5+,10-7+. The number of carboxylic acid groups (broad SMARTS) is 1. The molecule has 0 saturated heterocycles. The van der Waals surface area contributed by atoms with E-state index in [2.05, 4.69) is 15.6 Å². The lowest BCUT2D eigenvalue weighted by molar-refractivity contribution is -0.131. The predicted molar refractivity (Wildman–Crippen MR) is 111 cm³/mol. The molecule has 3 N–H and O–H groups in total. The molecule has 0 radical (unpaired) electrons. The van der Waals surface area contributed by atoms with Crippen molar-refractivity contribution in [2.45, 2.75) is 6.42 Å². The van der Waals surface area contributed by atoms with Gasteiger partial charge in [0, 0.05) is 36.0 Å². The molecule has 2 aromatic carbocycles. The van der Waals surface area contributed by atoms with Crippen LogP contribution in [0.25, 0.3) is 12.2 Å². The number of nitrogens with one attached hydrogen (secondary N) is 2. The second-order valence-corrected chi connectivity index (χ2v) is 6.37. The fourth-order valence-electron chi connectivity index (χ4n) is 2.73. The first-order chi connectivity index (χ1) is 14.0. The molecule has 29 heavy (non-hydrogen) atoms. The average Bonchev–Trinajstić information content (AvgIpc) is 2.72. The molecular weight excluding hydrogens is 373 g/mol. The monoisotopic (exact) mass is 393 g/mol. The van der Waals surface area contributed by atoms with E-state index in [9.17, 15) is 14.0 Å². The van der Waals surface area contributed by atoms with Crippen LogP contribution >= 0.6 is 0 Å². The van der Waals surface area contributed by atoms with Crippen molar-refractivity contribution >= 4 is 35.6 Å². The lowest BCUT2D eigenvalue weighted by Gasteiger charge is -2.16. The zero-order chi connectivity index (χ0) is 20.6. The Balaban J connectivity index is 1.72. The highest BCUT2D eigenvalue weighted by molar-refractivity contribution is 6.07. The van der Waals surface area contributed by atoms with Gasteiger partial charge in [-0.1, -0.05) is 18.2 Å². The van der Waals surface area contributed by atoms with Crippen LogP contribution in [-0.2, 0) is 4.79 Å². The van der Waals surface area contributed by atoms with Crippen LogP contribution < -0.4 is 10.6 Å². The molecule has 1 heterocycles. The Bertz CT molecular complexity index is 1010. The topological polar surface area (TPSA) is 90.8 Å². The molecule has 0 saturated carbocycles. The van der Waals surface area contributed by atoms with Gasteiger partial charge in [-0.05, 0) is 54.5 Å². The van der Waals surface area contributed by atoms with Crippen LogP contribution in [-0.4, -0.2) is 35.9 Å². The molecule has 1 aliphatic heterocycles. The molecule has 1 aliphatic rings. The van der Waals surface area contributed by atoms with E-state index in [1.165, 1.54) is 18.2 Å². The summed E-state index contributed by atoms with van der Waals surface area (Å²) < 4.78 is 13.8. The summed E-state index contributed by atoms with van der Waals surface area (Å²) in [6.45, 7) is 1.66. The summed E-state index contributed by atoms with van der Waals surface area (Å²) in [6.07, 6.45) is 6.02. The van der Waals surface area contributed by atoms with E-state index in [4.69, 9.17) is 5.11 Å². The molecule has 0 aliphatic carbocycles. The summed E-state index contributed by atoms with van der Waals surface area (Å²) in [6, 6.07) is 11.3. The van der Waals surface area contributed by atoms with E-state index < -0.39 is 11.8 Å². The van der Waals surface area contributed by atoms with Crippen molar-refractivity contribution in [2.75, 3.05) is 18.4 Å². The van der Waals surface area contributed by atoms with Gasteiger partial charge >= 0.3 is 5.97 Å². The Labute approximate surface area is 167 Å². The van der Waals surface area contributed by atoms with Gasteiger partial charge in [-0.25, -0.2) is 9.18 Å². The Morgan fingerprint density at radius 1 is 1.14 bits per heavy atom. The first kappa shape index (κ1) is 20.0. The maximum Gasteiger partial charge on any atom is 0.328 e. The number of carbonyl (C=O) groups excluding carboxylic acids is 1. The Morgan fingerprint density at radius 3 is 2.76 bits per heavy atom. The number of halogens is 1. The highest BCUT2D eigenvalue weighted by Gasteiger charge is 2.07. The fraction of sp³-hybridized carbons (Fsp3) is 0.136. The first-order valence-corrected chi connectivity index (χ1v) is 9.09. The van der Waals surface area contributed by atoms with Gasteiger partial charge in [0.2, 0.25) is 0 Å². The van der Waals surface area contributed by atoms with Crippen molar-refractivity contribution in [1.82, 2.24) is 5.32 Å². The summed E-state index contributed by atoms with van der Waals surface area (Å²) in [5.41, 5.74) is 1.96. The number of anilines is 1. The van der Waals surface area contributed by atoms with E-state index >= 15 is 0 Å². The van der Waals surface area contributed by atoms with Gasteiger partial charge in [-0.3, -0.25) is 9.79 Å². The number of ketones is 1. The normalized spacial score (nSPS) is 13.9. The molecule has 148 valence electrons. The lowest BCUT2D eigenvalue weighted by Crippen LogP contribution is -2.35. The molecule has 0 spiro atoms. The van der Waals surface area contributed by atoms with Crippen LogP contribution in [0.2, 0.25) is 0 Å². The van der Waals surface area contributed by atoms with Crippen molar-refractivity contribution < 1.29 is 19.1 Å². The van der Waals surface area contributed by atoms with Crippen molar-refractivity contribution in [3.05, 3.63) is 77.1 Å². The van der Waals surface area contributed by atoms with Crippen LogP contribution in [0.5, 0.6) is 0 Å². The fourth-order valence-corrected chi connectivity index (χ4v) is 2.73. The van der Waals surface area contributed by atoms with E-state index in [1.807, 2.05) is 24.3 Å². The summed E-state index contributed by atoms with van der Waals surface area (Å²) in [7, 11) is 0. The molecule has 0 fully saturated rings. The second kappa shape index (κ2) is 9.45. The van der Waals surface area contributed by atoms with E-state index in [-0.39, 0.29) is 16.9 Å². The third kappa shape index (κ3) is 5.87. The number of allylic oxidation sites excluding steroid dienone is 1. The number of guanidine groups is 1. The van der Waals surface area contributed by atoms with Crippen LogP contribution in [0.3, 0.4) is 0 Å². The SMILES string of the molecule is O=C(O)/C=C/c1cc(C(=O)/C=C/c2cccc(NC3=NCCCN3)c2)ccc1F. The maximum absolute atomic E-state index is 13.8. The molecule has 0 amide bonds. The predicted octanol–water partition coefficient (Wildman–Crippen LogP) is 3.58. The summed E-state index contributed by atoms with van der Waals surface area (Å²) in [4.78, 5) is 27.4. The van der Waals surface area contributed by atoms with Gasteiger partial charge in [0.25, 0.3) is 0 Å². The number of rotatable bonds is 6. The van der Waals surface area contributed by atoms with E-state index in [0.717, 1.165) is 54.9 Å². The maximum atomic E-state index is 13.8. The molecule has 0 unspecified atom stereocenters. The summed E-state index contributed by atoms with van der Waals surface area (Å²) in [5, 5.41) is 15.1. The molecular formula is C22H20FN3O3. The van der Waals surface area contributed by atoms with E-state index in [1.54, 1.807) is 6.08 Å². The third-order valence-corrected chi connectivity index (χ3v) is 4.16. The molecule has 2 aromatic rings. The van der Waals surface area contributed by atoms with Gasteiger partial charge in [0.1, 0.15) is 5.82 Å². The van der Waals surface area contributed by atoms with Crippen LogP contribution in [0, 0.1) is 5.82 Å². The second-order valence-electron chi connectivity index (χ2n) is 6.37. The number of hydrogen-bond acceptors (Lipinski definition) is 5. The number of carboxylic acids is 1. The van der Waals surface area contributed by atoms with Crippen LogP contribution in [0.15, 0.2) is 59.6 Å². The van der Waals surface area contributed by atoms with Crippen molar-refractivity contribution in [1.29, 1.82) is 0 Å². The minimum atomic E-state index is -1.19. The molecule has 0 aromatic heterocycles. The molecule has 0 bridgehead atoms. The number of aliphatic imine (C=N–C) groups is 1. The van der Waals surface area contributed by atoms with E-state index in [0.29, 0.717) is 0 Å². The number of hydrogen-bond donors (Lipinski definition) is 3. The van der Waals surface area contributed by atoms with Crippen LogP contribution in [0.1, 0.15) is 27.9 Å². The Kier molecular flexibility index (Phi) is 6.52. The van der Waals surface area contributed by atoms with Crippen LogP contribution in [0.4, 0.5) is 10.1 Å². The highest BCUT2D eigenvalue weighted by Crippen LogP contribution is 2.16. The zero-order valence-corrected chi connectivity index (χ0v) is 15.6. The molecule has 6 nitrogen and oxygen atoms in total. The Hall–Kier alpha value is -3.74. The van der Waals surface area contributed by atoms with Gasteiger partial charge < -0.3 is 15.7 Å². The number of aliphatic carboxylic acids is 1. The highest BCUT2D eigenvalue weighted by atomic mass is 19.1. The van der Waals surface area contributed by atoms with Gasteiger partial charge in [-0.15, -0.1) is 0 Å². The molecule has 0 atom stereocenters. The van der Waals surface area contributed by atoms with Crippen molar-refractivity contribution in [2.24, 2.45) is 4.99 Å². The Morgan fingerprint density at radius 2 is 2.00 bits per heavy atom. The molecule has 7 heteroatoms. The first-order valence-electron chi connectivity index (χ1n) is 9.09. The largest absolute Gasteiger partial charge is 0.478 e. The summed E-state index contributed by atoms with van der Waals surface area (Å²) >= 11 is 0. The van der Waals surface area contributed by atoms with Gasteiger partial charge in [0.05, 0.1) is 0 Å². The van der Waals surface area contributed by atoms with Crippen molar-refractivity contribution in [3.8, 4) is 0 Å². The smallest absolute Gasteiger partial charge is 0.328 e. The minimum Gasteiger partial charge on any atom is -0.478 e. The van der Waals surface area contributed by atoms with Gasteiger partial charge in [0.15, 0.2) is 11.7 Å².